The zero-order valence-corrected chi connectivity index (χ0v) is 24.0. The zero-order valence-electron chi connectivity index (χ0n) is 21.6. The van der Waals surface area contributed by atoms with Gasteiger partial charge in [-0.3, -0.25) is 4.79 Å². The third-order valence-corrected chi connectivity index (χ3v) is 8.41. The molecule has 2 N–H and O–H groups in total. The van der Waals surface area contributed by atoms with Crippen LogP contribution < -0.4 is 5.32 Å². The monoisotopic (exact) mass is 580 g/mol. The van der Waals surface area contributed by atoms with E-state index in [4.69, 9.17) is 23.2 Å². The number of para-hydroxylation sites is 1. The minimum atomic E-state index is -0.256. The standard InChI is InChI=1S/C30H30Cl2N4O2S/c1-39-24-11-7-22(8-12-24)34-30(38)36(23-9-10-23)19-29(37)35(18-20-6-13-26(31)27(32)16-20)15-14-21-17-33-28-5-3-2-4-25(21)28/h2-8,11-13,16-17,23,33H,9-10,14-15,18-19H2,1H3,(H,34,38). The Labute approximate surface area is 242 Å². The van der Waals surface area contributed by atoms with E-state index in [1.165, 1.54) is 0 Å². The molecule has 0 unspecified atom stereocenters. The fourth-order valence-corrected chi connectivity index (χ4v) is 5.34. The minimum Gasteiger partial charge on any atom is -0.361 e. The van der Waals surface area contributed by atoms with Crippen LogP contribution in [0.3, 0.4) is 0 Å². The third kappa shape index (κ3) is 6.90. The molecule has 0 atom stereocenters. The number of nitrogens with zero attached hydrogens (tertiary/aromatic N) is 2. The fourth-order valence-electron chi connectivity index (χ4n) is 4.61. The first-order chi connectivity index (χ1) is 18.9. The Morgan fingerprint density at radius 3 is 2.51 bits per heavy atom. The van der Waals surface area contributed by atoms with Crippen LogP contribution in [0.15, 0.2) is 77.8 Å². The number of amides is 3. The van der Waals surface area contributed by atoms with Gasteiger partial charge in [-0.1, -0.05) is 47.5 Å². The molecule has 1 aliphatic carbocycles. The highest BCUT2D eigenvalue weighted by Crippen LogP contribution is 2.29. The number of fused-ring (bicyclic) bond motifs is 1. The number of urea groups is 1. The number of nitrogens with one attached hydrogen (secondary N) is 2. The van der Waals surface area contributed by atoms with Crippen molar-refractivity contribution in [3.63, 3.8) is 0 Å². The van der Waals surface area contributed by atoms with Crippen molar-refractivity contribution in [1.82, 2.24) is 14.8 Å². The van der Waals surface area contributed by atoms with Gasteiger partial charge >= 0.3 is 6.03 Å². The van der Waals surface area contributed by atoms with E-state index < -0.39 is 0 Å². The highest BCUT2D eigenvalue weighted by atomic mass is 35.5. The van der Waals surface area contributed by atoms with Crippen LogP contribution in [0.2, 0.25) is 10.0 Å². The predicted octanol–water partition coefficient (Wildman–Crippen LogP) is 7.46. The molecule has 0 saturated heterocycles. The molecule has 0 radical (unpaired) electrons. The van der Waals surface area contributed by atoms with Gasteiger partial charge in [0.05, 0.1) is 10.0 Å². The van der Waals surface area contributed by atoms with Crippen molar-refractivity contribution in [3.05, 3.63) is 94.1 Å². The highest BCUT2D eigenvalue weighted by molar-refractivity contribution is 7.98. The fraction of sp³-hybridized carbons (Fsp3) is 0.267. The number of carbonyl (C=O) groups is 2. The Morgan fingerprint density at radius 1 is 1.03 bits per heavy atom. The molecule has 3 amide bonds. The molecule has 4 aromatic rings. The predicted molar refractivity (Wildman–Crippen MR) is 161 cm³/mol. The Bertz CT molecular complexity index is 1470. The molecule has 0 aliphatic heterocycles. The van der Waals surface area contributed by atoms with Gasteiger partial charge in [0, 0.05) is 46.8 Å². The molecule has 0 spiro atoms. The van der Waals surface area contributed by atoms with Crippen LogP contribution in [0.25, 0.3) is 10.9 Å². The van der Waals surface area contributed by atoms with Crippen molar-refractivity contribution >= 4 is 63.5 Å². The quantitative estimate of drug-likeness (QED) is 0.191. The van der Waals surface area contributed by atoms with E-state index in [1.54, 1.807) is 33.7 Å². The molecule has 6 nitrogen and oxygen atoms in total. The lowest BCUT2D eigenvalue weighted by atomic mass is 10.1. The summed E-state index contributed by atoms with van der Waals surface area (Å²) in [5, 5.41) is 5.03. The summed E-state index contributed by atoms with van der Waals surface area (Å²) in [4.78, 5) is 34.9. The molecule has 1 aliphatic rings. The van der Waals surface area contributed by atoms with Crippen molar-refractivity contribution in [2.75, 3.05) is 24.7 Å². The molecule has 5 rings (SSSR count). The summed E-state index contributed by atoms with van der Waals surface area (Å²) in [5.41, 5.74) is 3.80. The number of thioether (sulfide) groups is 1. The minimum absolute atomic E-state index is 0.00853. The van der Waals surface area contributed by atoms with Crippen molar-refractivity contribution in [2.45, 2.75) is 36.7 Å². The van der Waals surface area contributed by atoms with E-state index in [9.17, 15) is 9.59 Å². The first kappa shape index (κ1) is 27.4. The number of rotatable bonds is 10. The molecule has 1 aromatic heterocycles. The Morgan fingerprint density at radius 2 is 1.79 bits per heavy atom. The Balaban J connectivity index is 1.32. The summed E-state index contributed by atoms with van der Waals surface area (Å²) < 4.78 is 0. The van der Waals surface area contributed by atoms with E-state index in [0.717, 1.165) is 39.8 Å². The number of hydrogen-bond acceptors (Lipinski definition) is 3. The molecule has 1 saturated carbocycles. The lowest BCUT2D eigenvalue weighted by Gasteiger charge is -2.28. The molecule has 202 valence electrons. The van der Waals surface area contributed by atoms with Crippen LogP contribution in [-0.4, -0.2) is 52.1 Å². The summed E-state index contributed by atoms with van der Waals surface area (Å²) in [6, 6.07) is 21.1. The van der Waals surface area contributed by atoms with Gasteiger partial charge in [0.2, 0.25) is 5.91 Å². The number of aromatic nitrogens is 1. The van der Waals surface area contributed by atoms with E-state index in [-0.39, 0.29) is 24.5 Å². The molecule has 3 aromatic carbocycles. The van der Waals surface area contributed by atoms with Crippen molar-refractivity contribution in [1.29, 1.82) is 0 Å². The lowest BCUT2D eigenvalue weighted by Crippen LogP contribution is -2.45. The van der Waals surface area contributed by atoms with E-state index >= 15 is 0 Å². The number of aromatic amines is 1. The van der Waals surface area contributed by atoms with Gasteiger partial charge < -0.3 is 20.1 Å². The molecular weight excluding hydrogens is 551 g/mol. The van der Waals surface area contributed by atoms with E-state index in [1.807, 2.05) is 61.0 Å². The van der Waals surface area contributed by atoms with Crippen LogP contribution in [0.1, 0.15) is 24.0 Å². The summed E-state index contributed by atoms with van der Waals surface area (Å²) in [7, 11) is 0. The van der Waals surface area contributed by atoms with Crippen LogP contribution in [-0.2, 0) is 17.8 Å². The van der Waals surface area contributed by atoms with Crippen molar-refractivity contribution in [2.24, 2.45) is 0 Å². The second-order valence-electron chi connectivity index (χ2n) is 9.69. The molecule has 39 heavy (non-hydrogen) atoms. The Hall–Kier alpha value is -3.13. The van der Waals surface area contributed by atoms with Gasteiger partial charge in [0.15, 0.2) is 0 Å². The van der Waals surface area contributed by atoms with Gasteiger partial charge in [-0.05, 0) is 79.1 Å². The normalized spacial score (nSPS) is 12.9. The smallest absolute Gasteiger partial charge is 0.322 e. The highest BCUT2D eigenvalue weighted by Gasteiger charge is 2.35. The average Bonchev–Trinajstić information content (AvgIpc) is 3.71. The van der Waals surface area contributed by atoms with Gasteiger partial charge in [-0.25, -0.2) is 4.79 Å². The second kappa shape index (κ2) is 12.4. The lowest BCUT2D eigenvalue weighted by molar-refractivity contribution is -0.132. The number of carbonyl (C=O) groups excluding carboxylic acids is 2. The molecule has 9 heteroatoms. The average molecular weight is 582 g/mol. The maximum atomic E-state index is 13.7. The maximum Gasteiger partial charge on any atom is 0.322 e. The van der Waals surface area contributed by atoms with Crippen LogP contribution in [0.4, 0.5) is 10.5 Å². The van der Waals surface area contributed by atoms with Gasteiger partial charge in [-0.15, -0.1) is 11.8 Å². The summed E-state index contributed by atoms with van der Waals surface area (Å²) >= 11 is 14.0. The number of hydrogen-bond donors (Lipinski definition) is 2. The Kier molecular flexibility index (Phi) is 8.70. The largest absolute Gasteiger partial charge is 0.361 e. The van der Waals surface area contributed by atoms with Crippen molar-refractivity contribution in [3.8, 4) is 0 Å². The number of benzene rings is 3. The molecule has 1 heterocycles. The zero-order chi connectivity index (χ0) is 27.4. The summed E-state index contributed by atoms with van der Waals surface area (Å²) in [6.07, 6.45) is 6.48. The van der Waals surface area contributed by atoms with Crippen LogP contribution in [0, 0.1) is 0 Å². The van der Waals surface area contributed by atoms with Crippen molar-refractivity contribution < 1.29 is 9.59 Å². The first-order valence-electron chi connectivity index (χ1n) is 12.9. The molecule has 0 bridgehead atoms. The van der Waals surface area contributed by atoms with Gasteiger partial charge in [-0.2, -0.15) is 0 Å². The van der Waals surface area contributed by atoms with Crippen LogP contribution in [0.5, 0.6) is 0 Å². The third-order valence-electron chi connectivity index (χ3n) is 6.93. The number of anilines is 1. The molecular formula is C30H30Cl2N4O2S. The molecule has 1 fully saturated rings. The SMILES string of the molecule is CSc1ccc(NC(=O)N(CC(=O)N(CCc2c[nH]c3ccccc23)Cc2ccc(Cl)c(Cl)c2)C2CC2)cc1. The number of halogens is 2. The summed E-state index contributed by atoms with van der Waals surface area (Å²) in [5.74, 6) is -0.110. The van der Waals surface area contributed by atoms with Crippen LogP contribution >= 0.6 is 35.0 Å². The van der Waals surface area contributed by atoms with E-state index in [0.29, 0.717) is 35.2 Å². The maximum absolute atomic E-state index is 13.7. The first-order valence-corrected chi connectivity index (χ1v) is 14.9. The topological polar surface area (TPSA) is 68.4 Å². The van der Waals surface area contributed by atoms with Gasteiger partial charge in [0.25, 0.3) is 0 Å². The van der Waals surface area contributed by atoms with Gasteiger partial charge in [0.1, 0.15) is 6.54 Å². The second-order valence-corrected chi connectivity index (χ2v) is 11.4. The summed E-state index contributed by atoms with van der Waals surface area (Å²) in [6.45, 7) is 0.875. The van der Waals surface area contributed by atoms with E-state index in [2.05, 4.69) is 16.4 Å². The number of H-pyrrole nitrogens is 1.